The highest BCUT2D eigenvalue weighted by Crippen LogP contribution is 2.44. The zero-order valence-corrected chi connectivity index (χ0v) is 76.5. The molecule has 2 aliphatic rings. The Morgan fingerprint density at radius 3 is 1.24 bits per heavy atom. The van der Waals surface area contributed by atoms with Crippen molar-refractivity contribution in [3.05, 3.63) is 299 Å². The third-order valence-corrected chi connectivity index (χ3v) is 24.1. The van der Waals surface area contributed by atoms with Crippen LogP contribution in [-0.2, 0) is 25.4 Å². The summed E-state index contributed by atoms with van der Waals surface area (Å²) in [6, 6.07) is 47.1. The summed E-state index contributed by atoms with van der Waals surface area (Å²) in [5.41, 5.74) is 30.4. The van der Waals surface area contributed by atoms with Gasteiger partial charge >= 0.3 is 0 Å². The molecule has 0 unspecified atom stereocenters. The molecule has 18 aromatic rings. The van der Waals surface area contributed by atoms with Crippen LogP contribution in [0, 0.1) is 18.6 Å². The SMILES string of the molecule is CC[C@H](Nc1ncnc(N)c1-c1ccon1)c1cc2cccc(F)c2c(=O)n1-c1ccccc1.CC[C@H](Nc1ncnc(N)c1-c1nc(COC)n(C)n1)c1cc2cccc(Cl)c2c(=O)n1C1CC1.CC[C@H](Nc1ncnc(N)c1-c1ncn(C)n1)c1cc2cccc(Cl)c2c(=O)n1C1CC1.CC[C@H](Nc1ncnc(N)c1-c1noc(C)n1)c1cc2cccc(F)c2c(=O)n1-c1ccccc1. The molecule has 0 saturated heterocycles. The molecule has 6 aromatic carbocycles. The maximum absolute atomic E-state index is 14.7. The minimum Gasteiger partial charge on any atom is -0.383 e. The molecule has 0 amide bonds. The largest absolute Gasteiger partial charge is 0.383 e. The predicted molar refractivity (Wildman–Crippen MR) is 519 cm³/mol. The molecule has 2 saturated carbocycles. The van der Waals surface area contributed by atoms with E-state index in [1.165, 1.54) is 52.8 Å². The van der Waals surface area contributed by atoms with E-state index >= 15 is 0 Å². The summed E-state index contributed by atoms with van der Waals surface area (Å²) in [5.74, 6) is 3.80. The second-order valence-corrected chi connectivity index (χ2v) is 33.2. The van der Waals surface area contributed by atoms with Crippen molar-refractivity contribution in [2.75, 3.05) is 51.3 Å². The summed E-state index contributed by atoms with van der Waals surface area (Å²) in [4.78, 5) is 101. The number of anilines is 8. The normalized spacial score (nSPS) is 13.3. The molecular weight excluding hydrogens is 1780 g/mol. The van der Waals surface area contributed by atoms with E-state index in [0.717, 1.165) is 54.3 Å². The van der Waals surface area contributed by atoms with E-state index in [4.69, 9.17) is 59.9 Å². The Morgan fingerprint density at radius 1 is 0.449 bits per heavy atom. The highest BCUT2D eigenvalue weighted by atomic mass is 35.5. The Balaban J connectivity index is 0.000000126. The average molecular weight is 1870 g/mol. The quantitative estimate of drug-likeness (QED) is 0.0250. The number of benzene rings is 6. The van der Waals surface area contributed by atoms with Gasteiger partial charge in [0.05, 0.1) is 61.3 Å². The topological polar surface area (TPSA) is 479 Å². The molecule has 4 atom stereocenters. The van der Waals surface area contributed by atoms with Crippen LogP contribution in [0.2, 0.25) is 10.0 Å². The first-order chi connectivity index (χ1) is 65.9. The van der Waals surface area contributed by atoms with Crippen molar-refractivity contribution in [2.45, 2.75) is 129 Å². The molecule has 36 nitrogen and oxygen atoms in total. The van der Waals surface area contributed by atoms with Gasteiger partial charge in [-0.2, -0.15) is 15.2 Å². The molecule has 136 heavy (non-hydrogen) atoms. The number of methoxy groups -OCH3 is 1. The van der Waals surface area contributed by atoms with E-state index in [-0.39, 0.29) is 81.2 Å². The monoisotopic (exact) mass is 1870 g/mol. The number of nitrogen functional groups attached to an aromatic ring is 4. The molecule has 0 bridgehead atoms. The number of halogens is 4. The minimum absolute atomic E-state index is 0.0317. The highest BCUT2D eigenvalue weighted by molar-refractivity contribution is 6.36. The van der Waals surface area contributed by atoms with Gasteiger partial charge in [0.15, 0.2) is 17.5 Å². The van der Waals surface area contributed by atoms with E-state index < -0.39 is 28.8 Å². The van der Waals surface area contributed by atoms with Gasteiger partial charge in [-0.3, -0.25) is 37.7 Å². The van der Waals surface area contributed by atoms with Crippen LogP contribution in [0.15, 0.2) is 230 Å². The van der Waals surface area contributed by atoms with E-state index in [9.17, 15) is 28.0 Å². The molecule has 12 N–H and O–H groups in total. The van der Waals surface area contributed by atoms with E-state index in [1.807, 2.05) is 120 Å². The first-order valence-electron chi connectivity index (χ1n) is 43.9. The second-order valence-electron chi connectivity index (χ2n) is 32.4. The van der Waals surface area contributed by atoms with Gasteiger partial charge in [-0.25, -0.2) is 58.6 Å². The number of hydrogen-bond acceptors (Lipinski definition) is 30. The molecule has 0 radical (unpaired) electrons. The van der Waals surface area contributed by atoms with Crippen LogP contribution in [-0.4, -0.2) is 110 Å². The maximum Gasteiger partial charge on any atom is 0.266 e. The van der Waals surface area contributed by atoms with Crippen LogP contribution in [0.25, 0.3) is 99.9 Å². The Labute approximate surface area is 784 Å². The Kier molecular flexibility index (Phi) is 26.8. The number of nitrogens with one attached hydrogen (secondary N) is 4. The summed E-state index contributed by atoms with van der Waals surface area (Å²) in [5, 5.41) is 35.3. The van der Waals surface area contributed by atoms with Gasteiger partial charge in [0.1, 0.15) is 125 Å². The van der Waals surface area contributed by atoms with Gasteiger partial charge in [0.2, 0.25) is 11.7 Å². The fourth-order valence-electron chi connectivity index (χ4n) is 16.7. The van der Waals surface area contributed by atoms with Gasteiger partial charge < -0.3 is 67.1 Å². The molecule has 692 valence electrons. The lowest BCUT2D eigenvalue weighted by atomic mass is 10.0. The first-order valence-corrected chi connectivity index (χ1v) is 44.6. The fraction of sp³-hybridized carbons (Fsp3) is 0.240. The molecule has 0 aliphatic heterocycles. The number of hydrogen-bond donors (Lipinski definition) is 8. The number of nitrogens with zero attached hydrogens (tertiary/aromatic N) is 21. The van der Waals surface area contributed by atoms with Crippen LogP contribution >= 0.6 is 23.2 Å². The number of nitrogens with two attached hydrogens (primary N) is 4. The highest BCUT2D eigenvalue weighted by Gasteiger charge is 2.35. The van der Waals surface area contributed by atoms with Gasteiger partial charge in [0, 0.05) is 80.4 Å². The van der Waals surface area contributed by atoms with Crippen LogP contribution < -0.4 is 66.4 Å². The average Bonchev–Trinajstić information content (AvgIpc) is 1.59. The number of pyridine rings is 4. The molecule has 12 aromatic heterocycles. The van der Waals surface area contributed by atoms with Gasteiger partial charge in [-0.15, -0.1) is 0 Å². The van der Waals surface area contributed by atoms with Gasteiger partial charge in [0.25, 0.3) is 22.2 Å². The van der Waals surface area contributed by atoms with Crippen LogP contribution in [0.4, 0.5) is 55.3 Å². The van der Waals surface area contributed by atoms with Crippen molar-refractivity contribution in [3.63, 3.8) is 0 Å². The number of aryl methyl sites for hydroxylation is 3. The molecule has 2 aliphatic carbocycles. The van der Waals surface area contributed by atoms with Crippen molar-refractivity contribution in [1.82, 2.24) is 103 Å². The lowest BCUT2D eigenvalue weighted by molar-refractivity contribution is 0.174. The summed E-state index contributed by atoms with van der Waals surface area (Å²) < 4.78 is 54.8. The summed E-state index contributed by atoms with van der Waals surface area (Å²) >= 11 is 12.8. The van der Waals surface area contributed by atoms with E-state index in [2.05, 4.69) is 110 Å². The fourth-order valence-corrected chi connectivity index (χ4v) is 17.2. The Hall–Kier alpha value is -16.1. The summed E-state index contributed by atoms with van der Waals surface area (Å²) in [6.07, 6.45) is 15.0. The van der Waals surface area contributed by atoms with Crippen molar-refractivity contribution in [3.8, 4) is 56.8 Å². The Bertz CT molecular complexity index is 7740. The second kappa shape index (κ2) is 39.8. The molecule has 0 spiro atoms. The van der Waals surface area contributed by atoms with Crippen molar-refractivity contribution in [1.29, 1.82) is 0 Å². The van der Waals surface area contributed by atoms with Crippen molar-refractivity contribution in [2.24, 2.45) is 14.1 Å². The molecule has 20 rings (SSSR count). The maximum atomic E-state index is 14.7. The number of aromatic nitrogens is 21. The smallest absolute Gasteiger partial charge is 0.266 e. The number of fused-ring (bicyclic) bond motifs is 4. The lowest BCUT2D eigenvalue weighted by Gasteiger charge is -2.24. The molecule has 40 heteroatoms. The Morgan fingerprint density at radius 2 is 0.846 bits per heavy atom. The molecular formula is C96H93Cl2F2N29O7. The van der Waals surface area contributed by atoms with Gasteiger partial charge in [-0.1, -0.05) is 146 Å². The van der Waals surface area contributed by atoms with E-state index in [1.54, 1.807) is 98.4 Å². The zero-order valence-electron chi connectivity index (χ0n) is 75.0. The van der Waals surface area contributed by atoms with Gasteiger partial charge in [-0.05, 0) is 146 Å². The summed E-state index contributed by atoms with van der Waals surface area (Å²) in [7, 11) is 5.18. The first kappa shape index (κ1) is 91.8. The third kappa shape index (κ3) is 18.7. The number of ether oxygens (including phenoxy) is 1. The van der Waals surface area contributed by atoms with Crippen LogP contribution in [0.3, 0.4) is 0 Å². The third-order valence-electron chi connectivity index (χ3n) is 23.5. The number of para-hydroxylation sites is 2. The predicted octanol–water partition coefficient (Wildman–Crippen LogP) is 16.7. The zero-order chi connectivity index (χ0) is 95.3. The van der Waals surface area contributed by atoms with E-state index in [0.29, 0.717) is 155 Å². The van der Waals surface area contributed by atoms with Crippen molar-refractivity contribution >= 4 is 113 Å². The lowest BCUT2D eigenvalue weighted by Crippen LogP contribution is -2.27. The van der Waals surface area contributed by atoms with Crippen LogP contribution in [0.5, 0.6) is 0 Å². The number of rotatable bonds is 26. The summed E-state index contributed by atoms with van der Waals surface area (Å²) in [6.45, 7) is 10.0. The standard InChI is InChI=1S/C25H22FN7O2.C25H21FN6O2.C24H27ClN8O2.C22H23ClN8O/c1-3-18(31-23-21(22(27)28-13-29-23)24-30-14(2)35-32-24)19-12-15-8-7-11-17(26)20(15)25(34)33(19)16-9-5-4-6-10-16;1-2-18(30-24-22(19-11-12-34-31-19)23(27)28-14-29-24)20-13-15-7-6-10-17(26)21(15)25(33)32(20)16-8-4-3-5-9-16;1-4-16(17-10-13-6-5-7-15(25)19(13)24(34)33(17)14-8-9-14)29-22-20(21(26)27-12-28-22)23-30-18(11-35-3)32(2)31-23;1-3-15(28-20-18(19(24)25-10-26-20)21-27-11-30(2)29-21)16-9-12-5-4-6-14(23)17(12)22(32)31(16)13-7-8-13/h4-13,18H,3H2,1-2H3,(H3,27,28,29,31);3-14,18H,2H2,1H3,(H3,27,28,29,30);5-7,10,12,14,16H,4,8-9,11H2,1-3H3,(H3,26,27,28,29);4-6,9-11,13,15H,3,7-8H2,1-2H3,(H3,24,25,26,28)/t2*18-;16-;15-/m0000/s1. The van der Waals surface area contributed by atoms with Crippen LogP contribution in [0.1, 0.15) is 150 Å². The minimum atomic E-state index is -0.567. The molecule has 12 heterocycles. The molecule has 2 fully saturated rings. The van der Waals surface area contributed by atoms with Crippen molar-refractivity contribution < 1.29 is 22.6 Å².